The highest BCUT2D eigenvalue weighted by Gasteiger charge is 2.17. The van der Waals surface area contributed by atoms with Crippen molar-refractivity contribution in [1.29, 1.82) is 0 Å². The van der Waals surface area contributed by atoms with E-state index in [2.05, 4.69) is 10.5 Å². The van der Waals surface area contributed by atoms with E-state index in [1.54, 1.807) is 30.3 Å². The molecule has 152 valence electrons. The van der Waals surface area contributed by atoms with E-state index in [0.29, 0.717) is 5.56 Å². The third-order valence-electron chi connectivity index (χ3n) is 3.79. The van der Waals surface area contributed by atoms with Gasteiger partial charge < -0.3 is 9.15 Å². The third-order valence-corrected chi connectivity index (χ3v) is 3.79. The fourth-order valence-corrected chi connectivity index (χ4v) is 2.48. The van der Waals surface area contributed by atoms with E-state index >= 15 is 0 Å². The summed E-state index contributed by atoms with van der Waals surface area (Å²) in [6.07, 6.45) is 1.21. The van der Waals surface area contributed by atoms with Gasteiger partial charge in [-0.1, -0.05) is 24.3 Å². The molecule has 0 aliphatic heterocycles. The zero-order valence-electron chi connectivity index (χ0n) is 15.3. The molecule has 0 atom stereocenters. The Morgan fingerprint density at radius 3 is 2.40 bits per heavy atom. The summed E-state index contributed by atoms with van der Waals surface area (Å²) >= 11 is 0. The van der Waals surface area contributed by atoms with E-state index in [-0.39, 0.29) is 28.6 Å². The van der Waals surface area contributed by atoms with E-state index in [0.717, 1.165) is 0 Å². The number of benzene rings is 2. The SMILES string of the molecule is O=C(COc1ccccc1[N+](=O)[O-])N/N=C\c1ccc(-c2ccccc2[N+](=O)[O-])o1. The van der Waals surface area contributed by atoms with Gasteiger partial charge in [0, 0.05) is 12.1 Å². The summed E-state index contributed by atoms with van der Waals surface area (Å²) in [5, 5.41) is 25.7. The predicted octanol–water partition coefficient (Wildman–Crippen LogP) is 3.29. The number of rotatable bonds is 8. The first kappa shape index (κ1) is 20.2. The molecular weight excluding hydrogens is 396 g/mol. The van der Waals surface area contributed by atoms with Crippen LogP contribution < -0.4 is 10.2 Å². The maximum Gasteiger partial charge on any atom is 0.310 e. The Morgan fingerprint density at radius 1 is 1.00 bits per heavy atom. The molecule has 0 saturated carbocycles. The Labute approximate surface area is 168 Å². The Balaban J connectivity index is 1.59. The van der Waals surface area contributed by atoms with Crippen molar-refractivity contribution in [3.8, 4) is 17.1 Å². The van der Waals surface area contributed by atoms with Crippen LogP contribution in [0.25, 0.3) is 11.3 Å². The van der Waals surface area contributed by atoms with Crippen molar-refractivity contribution in [2.24, 2.45) is 5.10 Å². The topological polar surface area (TPSA) is 150 Å². The van der Waals surface area contributed by atoms with Gasteiger partial charge in [0.05, 0.1) is 21.6 Å². The first-order valence-corrected chi connectivity index (χ1v) is 8.47. The molecule has 0 saturated heterocycles. The van der Waals surface area contributed by atoms with Gasteiger partial charge in [0.2, 0.25) is 0 Å². The Hall–Kier alpha value is -4.54. The van der Waals surface area contributed by atoms with Crippen LogP contribution >= 0.6 is 0 Å². The molecule has 11 heteroatoms. The van der Waals surface area contributed by atoms with Crippen molar-refractivity contribution < 1.29 is 23.8 Å². The molecule has 3 aromatic rings. The van der Waals surface area contributed by atoms with Crippen molar-refractivity contribution in [2.75, 3.05) is 6.61 Å². The lowest BCUT2D eigenvalue weighted by Crippen LogP contribution is -2.24. The lowest BCUT2D eigenvalue weighted by Gasteiger charge is -2.05. The molecule has 0 fully saturated rings. The Morgan fingerprint density at radius 2 is 1.67 bits per heavy atom. The number of carbonyl (C=O) groups excluding carboxylic acids is 1. The number of carbonyl (C=O) groups is 1. The van der Waals surface area contributed by atoms with Gasteiger partial charge in [0.15, 0.2) is 12.4 Å². The first-order chi connectivity index (χ1) is 14.5. The maximum atomic E-state index is 11.8. The van der Waals surface area contributed by atoms with Gasteiger partial charge in [0.1, 0.15) is 11.5 Å². The molecule has 2 aromatic carbocycles. The predicted molar refractivity (Wildman–Crippen MR) is 105 cm³/mol. The van der Waals surface area contributed by atoms with Crippen molar-refractivity contribution in [3.63, 3.8) is 0 Å². The highest BCUT2D eigenvalue weighted by atomic mass is 16.6. The molecule has 0 bridgehead atoms. The zero-order valence-corrected chi connectivity index (χ0v) is 15.3. The number of nitrogens with zero attached hydrogens (tertiary/aromatic N) is 3. The molecule has 0 radical (unpaired) electrons. The minimum Gasteiger partial charge on any atom is -0.477 e. The molecule has 11 nitrogen and oxygen atoms in total. The minimum absolute atomic E-state index is 0.0400. The molecule has 0 unspecified atom stereocenters. The number of furan rings is 1. The monoisotopic (exact) mass is 410 g/mol. The van der Waals surface area contributed by atoms with Crippen LogP contribution in [-0.2, 0) is 4.79 Å². The summed E-state index contributed by atoms with van der Waals surface area (Å²) in [6, 6.07) is 14.9. The van der Waals surface area contributed by atoms with Gasteiger partial charge in [0.25, 0.3) is 11.6 Å². The van der Waals surface area contributed by atoms with Crippen molar-refractivity contribution in [1.82, 2.24) is 5.43 Å². The Kier molecular flexibility index (Phi) is 6.13. The normalized spacial score (nSPS) is 10.7. The summed E-state index contributed by atoms with van der Waals surface area (Å²) < 4.78 is 10.6. The molecular formula is C19H14N4O7. The van der Waals surface area contributed by atoms with Gasteiger partial charge in [-0.3, -0.25) is 25.0 Å². The largest absolute Gasteiger partial charge is 0.477 e. The molecule has 30 heavy (non-hydrogen) atoms. The van der Waals surface area contributed by atoms with E-state index in [4.69, 9.17) is 9.15 Å². The average Bonchev–Trinajstić information content (AvgIpc) is 3.21. The Bertz CT molecular complexity index is 1120. The molecule has 1 N–H and O–H groups in total. The molecule has 0 aliphatic carbocycles. The van der Waals surface area contributed by atoms with Crippen LogP contribution in [0.15, 0.2) is 70.2 Å². The number of hydrogen-bond donors (Lipinski definition) is 1. The number of ether oxygens (including phenoxy) is 1. The first-order valence-electron chi connectivity index (χ1n) is 8.47. The molecule has 3 rings (SSSR count). The van der Waals surface area contributed by atoms with Gasteiger partial charge in [-0.25, -0.2) is 5.43 Å². The molecule has 1 heterocycles. The van der Waals surface area contributed by atoms with Crippen LogP contribution in [0.5, 0.6) is 5.75 Å². The maximum absolute atomic E-state index is 11.8. The molecule has 0 spiro atoms. The highest BCUT2D eigenvalue weighted by Crippen LogP contribution is 2.30. The van der Waals surface area contributed by atoms with Gasteiger partial charge in [-0.15, -0.1) is 0 Å². The smallest absolute Gasteiger partial charge is 0.310 e. The van der Waals surface area contributed by atoms with Crippen LogP contribution in [-0.4, -0.2) is 28.6 Å². The fourth-order valence-electron chi connectivity index (χ4n) is 2.48. The quantitative estimate of drug-likeness (QED) is 0.340. The second kappa shape index (κ2) is 9.10. The van der Waals surface area contributed by atoms with Crippen LogP contribution in [0.1, 0.15) is 5.76 Å². The number of nitrogens with one attached hydrogen (secondary N) is 1. The summed E-state index contributed by atoms with van der Waals surface area (Å²) in [5.74, 6) is -0.158. The second-order valence-electron chi connectivity index (χ2n) is 5.78. The average molecular weight is 410 g/mol. The van der Waals surface area contributed by atoms with Crippen LogP contribution in [0.3, 0.4) is 0 Å². The van der Waals surface area contributed by atoms with Crippen LogP contribution in [0.4, 0.5) is 11.4 Å². The van der Waals surface area contributed by atoms with Crippen molar-refractivity contribution >= 4 is 23.5 Å². The number of amides is 1. The standard InChI is InChI=1S/C19H14N4O7/c24-19(12-29-18-8-4-3-7-16(18)23(27)28)21-20-11-13-9-10-17(30-13)14-5-1-2-6-15(14)22(25)26/h1-11H,12H2,(H,21,24)/b20-11-. The minimum atomic E-state index is -0.644. The number of hydrogen-bond acceptors (Lipinski definition) is 8. The molecule has 1 amide bonds. The summed E-state index contributed by atoms with van der Waals surface area (Å²) in [5.41, 5.74) is 2.15. The summed E-state index contributed by atoms with van der Waals surface area (Å²) in [6.45, 7) is -0.484. The molecule has 0 aliphatic rings. The lowest BCUT2D eigenvalue weighted by molar-refractivity contribution is -0.385. The van der Waals surface area contributed by atoms with E-state index in [1.807, 2.05) is 0 Å². The van der Waals surface area contributed by atoms with Gasteiger partial charge in [-0.2, -0.15) is 5.10 Å². The van der Waals surface area contributed by atoms with Crippen LogP contribution in [0.2, 0.25) is 0 Å². The van der Waals surface area contributed by atoms with Gasteiger partial charge >= 0.3 is 5.69 Å². The van der Waals surface area contributed by atoms with E-state index in [9.17, 15) is 25.0 Å². The lowest BCUT2D eigenvalue weighted by atomic mass is 10.1. The number of nitro benzene ring substituents is 2. The summed E-state index contributed by atoms with van der Waals surface area (Å²) in [4.78, 5) is 32.7. The van der Waals surface area contributed by atoms with E-state index in [1.165, 1.54) is 36.5 Å². The fraction of sp³-hybridized carbons (Fsp3) is 0.0526. The van der Waals surface area contributed by atoms with Crippen molar-refractivity contribution in [2.45, 2.75) is 0 Å². The highest BCUT2D eigenvalue weighted by molar-refractivity contribution is 5.82. The van der Waals surface area contributed by atoms with E-state index < -0.39 is 22.4 Å². The number of nitro groups is 2. The third kappa shape index (κ3) is 4.84. The second-order valence-corrected chi connectivity index (χ2v) is 5.78. The van der Waals surface area contributed by atoms with Crippen LogP contribution in [0, 0.1) is 20.2 Å². The summed E-state index contributed by atoms with van der Waals surface area (Å²) in [7, 11) is 0. The zero-order chi connectivity index (χ0) is 21.5. The molecule has 1 aromatic heterocycles. The van der Waals surface area contributed by atoms with Crippen molar-refractivity contribution in [3.05, 3.63) is 86.7 Å². The van der Waals surface area contributed by atoms with Gasteiger partial charge in [-0.05, 0) is 24.3 Å². The number of para-hydroxylation sites is 3. The number of hydrazone groups is 1.